The first-order valence-corrected chi connectivity index (χ1v) is 5.94. The highest BCUT2D eigenvalue weighted by atomic mass is 16.4. The van der Waals surface area contributed by atoms with Gasteiger partial charge in [0.05, 0.1) is 0 Å². The highest BCUT2D eigenvalue weighted by Gasteiger charge is 2.49. The van der Waals surface area contributed by atoms with Crippen LogP contribution in [-0.2, 0) is 4.79 Å². The van der Waals surface area contributed by atoms with Gasteiger partial charge in [0.1, 0.15) is 6.04 Å². The van der Waals surface area contributed by atoms with E-state index in [1.807, 2.05) is 0 Å². The van der Waals surface area contributed by atoms with Crippen molar-refractivity contribution < 1.29 is 9.90 Å². The number of hydrogen-bond acceptors (Lipinski definition) is 2. The molecule has 0 aromatic carbocycles. The summed E-state index contributed by atoms with van der Waals surface area (Å²) in [7, 11) is 0. The van der Waals surface area contributed by atoms with Crippen molar-refractivity contribution in [3.05, 3.63) is 0 Å². The van der Waals surface area contributed by atoms with E-state index < -0.39 is 5.97 Å². The topological polar surface area (TPSA) is 40.5 Å². The number of aliphatic carboxylic acids is 1. The van der Waals surface area contributed by atoms with E-state index in [-0.39, 0.29) is 6.04 Å². The first kappa shape index (κ1) is 10.9. The van der Waals surface area contributed by atoms with Crippen molar-refractivity contribution in [3.8, 4) is 0 Å². The number of carboxylic acids is 1. The lowest BCUT2D eigenvalue weighted by atomic mass is 9.96. The van der Waals surface area contributed by atoms with Crippen LogP contribution in [0.25, 0.3) is 0 Å². The Morgan fingerprint density at radius 1 is 1.53 bits per heavy atom. The number of carbonyl (C=O) groups is 1. The molecule has 0 amide bonds. The second kappa shape index (κ2) is 3.48. The van der Waals surface area contributed by atoms with E-state index in [1.54, 1.807) is 0 Å². The molecule has 0 aromatic rings. The summed E-state index contributed by atoms with van der Waals surface area (Å²) in [4.78, 5) is 13.4. The van der Waals surface area contributed by atoms with Gasteiger partial charge in [-0.25, -0.2) is 0 Å². The van der Waals surface area contributed by atoms with Gasteiger partial charge in [-0.3, -0.25) is 9.69 Å². The smallest absolute Gasteiger partial charge is 0.321 e. The molecular formula is C12H21NO2. The number of rotatable bonds is 3. The Bertz CT molecular complexity index is 273. The van der Waals surface area contributed by atoms with Crippen LogP contribution in [0.4, 0.5) is 0 Å². The van der Waals surface area contributed by atoms with Gasteiger partial charge in [0, 0.05) is 6.04 Å². The van der Waals surface area contributed by atoms with Crippen LogP contribution < -0.4 is 0 Å². The molecule has 2 fully saturated rings. The Morgan fingerprint density at radius 2 is 2.13 bits per heavy atom. The van der Waals surface area contributed by atoms with Gasteiger partial charge < -0.3 is 5.11 Å². The summed E-state index contributed by atoms with van der Waals surface area (Å²) in [6, 6.07) is 0.168. The van der Waals surface area contributed by atoms with Crippen molar-refractivity contribution in [2.45, 2.75) is 52.1 Å². The Hall–Kier alpha value is -0.570. The van der Waals surface area contributed by atoms with Crippen LogP contribution in [0.15, 0.2) is 0 Å². The van der Waals surface area contributed by atoms with Gasteiger partial charge in [-0.15, -0.1) is 0 Å². The summed E-state index contributed by atoms with van der Waals surface area (Å²) in [5.74, 6) is -0.344. The molecule has 1 N–H and O–H groups in total. The minimum Gasteiger partial charge on any atom is -0.480 e. The second-order valence-corrected chi connectivity index (χ2v) is 5.62. The molecule has 1 saturated carbocycles. The lowest BCUT2D eigenvalue weighted by Crippen LogP contribution is -2.47. The fourth-order valence-corrected chi connectivity index (χ4v) is 2.81. The molecule has 15 heavy (non-hydrogen) atoms. The van der Waals surface area contributed by atoms with Crippen LogP contribution in [0.5, 0.6) is 0 Å². The van der Waals surface area contributed by atoms with Crippen LogP contribution in [0.1, 0.15) is 40.0 Å². The number of nitrogens with zero attached hydrogens (tertiary/aromatic N) is 1. The molecule has 0 bridgehead atoms. The normalized spacial score (nSPS) is 36.5. The molecule has 0 aromatic heterocycles. The predicted octanol–water partition coefficient (Wildman–Crippen LogP) is 1.97. The van der Waals surface area contributed by atoms with E-state index in [1.165, 1.54) is 12.8 Å². The molecular weight excluding hydrogens is 190 g/mol. The van der Waals surface area contributed by atoms with Crippen molar-refractivity contribution in [2.75, 3.05) is 6.54 Å². The minimum absolute atomic E-state index is 0.252. The maximum Gasteiger partial charge on any atom is 0.321 e. The van der Waals surface area contributed by atoms with Gasteiger partial charge in [-0.05, 0) is 44.1 Å². The lowest BCUT2D eigenvalue weighted by Gasteiger charge is -2.33. The molecule has 3 heteroatoms. The van der Waals surface area contributed by atoms with Crippen LogP contribution in [0, 0.1) is 11.3 Å². The molecule has 0 spiro atoms. The first-order valence-electron chi connectivity index (χ1n) is 5.94. The molecule has 1 aliphatic carbocycles. The van der Waals surface area contributed by atoms with E-state index in [0.717, 1.165) is 13.0 Å². The third-order valence-electron chi connectivity index (χ3n) is 4.54. The number of carboxylic acid groups (broad SMARTS) is 1. The van der Waals surface area contributed by atoms with E-state index in [4.69, 9.17) is 0 Å². The summed E-state index contributed by atoms with van der Waals surface area (Å²) in [5, 5.41) is 9.25. The largest absolute Gasteiger partial charge is 0.480 e. The van der Waals surface area contributed by atoms with E-state index >= 15 is 0 Å². The van der Waals surface area contributed by atoms with Gasteiger partial charge in [-0.1, -0.05) is 13.8 Å². The summed E-state index contributed by atoms with van der Waals surface area (Å²) in [5.41, 5.74) is 0.387. The molecule has 3 nitrogen and oxygen atoms in total. The quantitative estimate of drug-likeness (QED) is 0.776. The van der Waals surface area contributed by atoms with Gasteiger partial charge in [0.25, 0.3) is 0 Å². The zero-order chi connectivity index (χ0) is 11.2. The molecule has 3 unspecified atom stereocenters. The van der Waals surface area contributed by atoms with Gasteiger partial charge in [-0.2, -0.15) is 0 Å². The van der Waals surface area contributed by atoms with Crippen LogP contribution >= 0.6 is 0 Å². The molecule has 0 radical (unpaired) electrons. The molecule has 2 aliphatic rings. The highest BCUT2D eigenvalue weighted by molar-refractivity contribution is 5.74. The fourth-order valence-electron chi connectivity index (χ4n) is 2.81. The van der Waals surface area contributed by atoms with Crippen LogP contribution in [0.2, 0.25) is 0 Å². The third kappa shape index (κ3) is 1.78. The van der Waals surface area contributed by atoms with Crippen molar-refractivity contribution in [1.29, 1.82) is 0 Å². The van der Waals surface area contributed by atoms with Gasteiger partial charge in [0.15, 0.2) is 0 Å². The fraction of sp³-hybridized carbons (Fsp3) is 0.917. The average Bonchev–Trinajstić information content (AvgIpc) is 2.77. The van der Waals surface area contributed by atoms with Crippen molar-refractivity contribution in [1.82, 2.24) is 4.90 Å². The Morgan fingerprint density at radius 3 is 2.60 bits per heavy atom. The van der Waals surface area contributed by atoms with Gasteiger partial charge in [0.2, 0.25) is 0 Å². The predicted molar refractivity (Wildman–Crippen MR) is 58.7 cm³/mol. The van der Waals surface area contributed by atoms with Crippen LogP contribution in [-0.4, -0.2) is 34.6 Å². The summed E-state index contributed by atoms with van der Waals surface area (Å²) in [6.45, 7) is 7.48. The summed E-state index contributed by atoms with van der Waals surface area (Å²) in [6.07, 6.45) is 3.54. The molecule has 1 aliphatic heterocycles. The Labute approximate surface area is 91.5 Å². The maximum atomic E-state index is 11.2. The SMILES string of the molecule is CC1CCN(C(C)C2(C)CC2)C1C(=O)O. The summed E-state index contributed by atoms with van der Waals surface area (Å²) < 4.78 is 0. The van der Waals surface area contributed by atoms with Crippen molar-refractivity contribution >= 4 is 5.97 Å². The Kier molecular flexibility index (Phi) is 2.53. The number of hydrogen-bond donors (Lipinski definition) is 1. The highest BCUT2D eigenvalue weighted by Crippen LogP contribution is 2.51. The van der Waals surface area contributed by atoms with E-state index in [0.29, 0.717) is 17.4 Å². The maximum absolute atomic E-state index is 11.2. The minimum atomic E-state index is -0.642. The molecule has 1 heterocycles. The summed E-state index contributed by atoms with van der Waals surface area (Å²) >= 11 is 0. The molecule has 2 rings (SSSR count). The van der Waals surface area contributed by atoms with Crippen molar-refractivity contribution in [3.63, 3.8) is 0 Å². The molecule has 86 valence electrons. The third-order valence-corrected chi connectivity index (χ3v) is 4.54. The second-order valence-electron chi connectivity index (χ2n) is 5.62. The molecule has 1 saturated heterocycles. The zero-order valence-corrected chi connectivity index (χ0v) is 9.86. The van der Waals surface area contributed by atoms with Gasteiger partial charge >= 0.3 is 5.97 Å². The lowest BCUT2D eigenvalue weighted by molar-refractivity contribution is -0.144. The first-order chi connectivity index (χ1) is 6.96. The monoisotopic (exact) mass is 211 g/mol. The van der Waals surface area contributed by atoms with E-state index in [2.05, 4.69) is 25.7 Å². The van der Waals surface area contributed by atoms with E-state index in [9.17, 15) is 9.90 Å². The van der Waals surface area contributed by atoms with Crippen LogP contribution in [0.3, 0.4) is 0 Å². The zero-order valence-electron chi connectivity index (χ0n) is 9.86. The Balaban J connectivity index is 2.11. The molecule has 3 atom stereocenters. The van der Waals surface area contributed by atoms with Crippen molar-refractivity contribution in [2.24, 2.45) is 11.3 Å². The average molecular weight is 211 g/mol. The number of likely N-dealkylation sites (tertiary alicyclic amines) is 1. The standard InChI is InChI=1S/C12H21NO2/c1-8-4-7-13(10(8)11(14)15)9(2)12(3)5-6-12/h8-10H,4-7H2,1-3H3,(H,14,15).